The van der Waals surface area contributed by atoms with Gasteiger partial charge in [0.2, 0.25) is 11.8 Å². The normalized spacial score (nSPS) is 15.1. The van der Waals surface area contributed by atoms with Crippen molar-refractivity contribution in [2.24, 2.45) is 0 Å². The van der Waals surface area contributed by atoms with Crippen LogP contribution in [0.5, 0.6) is 5.88 Å². The van der Waals surface area contributed by atoms with E-state index in [1.165, 1.54) is 0 Å². The molecule has 0 saturated carbocycles. The molecule has 112 valence electrons. The van der Waals surface area contributed by atoms with E-state index in [2.05, 4.69) is 15.2 Å². The molecule has 1 aliphatic heterocycles. The zero-order valence-corrected chi connectivity index (χ0v) is 11.9. The Bertz CT molecular complexity index is 607. The standard InChI is InChI=1S/C13H17N5O3/c1-20-8-11-15-16-13(17-6-10(19)7-17)18(11)9-3-4-12(21-2)14-5-9/h3-5,10,19H,6-8H2,1-2H3. The lowest BCUT2D eigenvalue weighted by Gasteiger charge is -2.36. The van der Waals surface area contributed by atoms with Crippen LogP contribution in [0.2, 0.25) is 0 Å². The summed E-state index contributed by atoms with van der Waals surface area (Å²) < 4.78 is 12.1. The first-order chi connectivity index (χ1) is 10.2. The van der Waals surface area contributed by atoms with Crippen LogP contribution in [0.25, 0.3) is 5.69 Å². The molecule has 2 aromatic heterocycles. The van der Waals surface area contributed by atoms with E-state index in [4.69, 9.17) is 9.47 Å². The van der Waals surface area contributed by atoms with E-state index < -0.39 is 0 Å². The first-order valence-corrected chi connectivity index (χ1v) is 6.59. The lowest BCUT2D eigenvalue weighted by Crippen LogP contribution is -2.51. The summed E-state index contributed by atoms with van der Waals surface area (Å²) in [5.74, 6) is 1.90. The van der Waals surface area contributed by atoms with Crippen LogP contribution in [0.1, 0.15) is 5.82 Å². The Morgan fingerprint density at radius 2 is 2.10 bits per heavy atom. The van der Waals surface area contributed by atoms with Gasteiger partial charge in [-0.3, -0.25) is 4.57 Å². The van der Waals surface area contributed by atoms with E-state index in [-0.39, 0.29) is 6.10 Å². The molecule has 1 fully saturated rings. The van der Waals surface area contributed by atoms with Gasteiger partial charge in [0.25, 0.3) is 0 Å². The highest BCUT2D eigenvalue weighted by Gasteiger charge is 2.30. The molecule has 0 unspecified atom stereocenters. The molecular formula is C13H17N5O3. The number of nitrogens with zero attached hydrogens (tertiary/aromatic N) is 5. The van der Waals surface area contributed by atoms with E-state index in [0.29, 0.717) is 37.3 Å². The Kier molecular flexibility index (Phi) is 3.72. The molecule has 1 saturated heterocycles. The van der Waals surface area contributed by atoms with Crippen LogP contribution in [0.3, 0.4) is 0 Å². The maximum atomic E-state index is 9.47. The fraction of sp³-hybridized carbons (Fsp3) is 0.462. The van der Waals surface area contributed by atoms with Crippen LogP contribution in [-0.2, 0) is 11.3 Å². The van der Waals surface area contributed by atoms with Gasteiger partial charge in [-0.25, -0.2) is 4.98 Å². The molecule has 3 heterocycles. The Hall–Kier alpha value is -2.19. The van der Waals surface area contributed by atoms with Crippen LogP contribution < -0.4 is 9.64 Å². The van der Waals surface area contributed by atoms with Gasteiger partial charge in [-0.1, -0.05) is 0 Å². The van der Waals surface area contributed by atoms with Gasteiger partial charge in [-0.2, -0.15) is 0 Å². The summed E-state index contributed by atoms with van der Waals surface area (Å²) in [7, 11) is 3.18. The van der Waals surface area contributed by atoms with Crippen molar-refractivity contribution in [1.29, 1.82) is 0 Å². The van der Waals surface area contributed by atoms with Gasteiger partial charge in [0.05, 0.1) is 25.1 Å². The molecule has 0 spiro atoms. The highest BCUT2D eigenvalue weighted by molar-refractivity contribution is 5.45. The number of pyridine rings is 1. The van der Waals surface area contributed by atoms with Gasteiger partial charge in [0.1, 0.15) is 6.61 Å². The highest BCUT2D eigenvalue weighted by atomic mass is 16.5. The summed E-state index contributed by atoms with van der Waals surface area (Å²) in [6.45, 7) is 1.44. The zero-order chi connectivity index (χ0) is 14.8. The van der Waals surface area contributed by atoms with E-state index in [1.54, 1.807) is 26.5 Å². The van der Waals surface area contributed by atoms with Crippen LogP contribution in [0.15, 0.2) is 18.3 Å². The number of hydrogen-bond donors (Lipinski definition) is 1. The summed E-state index contributed by atoms with van der Waals surface area (Å²) in [5, 5.41) is 17.8. The number of aliphatic hydroxyl groups excluding tert-OH is 1. The molecule has 0 amide bonds. The van der Waals surface area contributed by atoms with Crippen LogP contribution in [-0.4, -0.2) is 58.3 Å². The Labute approximate surface area is 122 Å². The second-order valence-corrected chi connectivity index (χ2v) is 4.80. The number of ether oxygens (including phenoxy) is 2. The summed E-state index contributed by atoms with van der Waals surface area (Å²) >= 11 is 0. The van der Waals surface area contributed by atoms with Crippen molar-refractivity contribution in [2.45, 2.75) is 12.7 Å². The fourth-order valence-electron chi connectivity index (χ4n) is 2.24. The highest BCUT2D eigenvalue weighted by Crippen LogP contribution is 2.24. The molecule has 0 aromatic carbocycles. The lowest BCUT2D eigenvalue weighted by atomic mass is 10.2. The smallest absolute Gasteiger partial charge is 0.232 e. The molecule has 1 aliphatic rings. The number of anilines is 1. The van der Waals surface area contributed by atoms with Crippen molar-refractivity contribution < 1.29 is 14.6 Å². The second kappa shape index (κ2) is 5.66. The molecule has 8 heteroatoms. The van der Waals surface area contributed by atoms with Crippen LogP contribution >= 0.6 is 0 Å². The van der Waals surface area contributed by atoms with Crippen molar-refractivity contribution in [3.63, 3.8) is 0 Å². The SMILES string of the molecule is COCc1nnc(N2CC(O)C2)n1-c1ccc(OC)nc1. The average molecular weight is 291 g/mol. The Morgan fingerprint density at radius 3 is 2.67 bits per heavy atom. The van der Waals surface area contributed by atoms with Crippen LogP contribution in [0, 0.1) is 0 Å². The quantitative estimate of drug-likeness (QED) is 0.829. The first kappa shape index (κ1) is 13.8. The third kappa shape index (κ3) is 2.55. The van der Waals surface area contributed by atoms with Crippen molar-refractivity contribution in [2.75, 3.05) is 32.2 Å². The number of aliphatic hydroxyl groups is 1. The van der Waals surface area contributed by atoms with E-state index in [9.17, 15) is 5.11 Å². The Morgan fingerprint density at radius 1 is 1.29 bits per heavy atom. The first-order valence-electron chi connectivity index (χ1n) is 6.59. The predicted molar refractivity (Wildman–Crippen MR) is 74.6 cm³/mol. The van der Waals surface area contributed by atoms with E-state index in [1.807, 2.05) is 15.5 Å². The molecule has 21 heavy (non-hydrogen) atoms. The topological polar surface area (TPSA) is 85.5 Å². The minimum atomic E-state index is -0.310. The molecule has 1 N–H and O–H groups in total. The second-order valence-electron chi connectivity index (χ2n) is 4.80. The van der Waals surface area contributed by atoms with E-state index >= 15 is 0 Å². The number of aromatic nitrogens is 4. The zero-order valence-electron chi connectivity index (χ0n) is 11.9. The molecule has 0 bridgehead atoms. The van der Waals surface area contributed by atoms with Crippen molar-refractivity contribution in [3.05, 3.63) is 24.2 Å². The van der Waals surface area contributed by atoms with Gasteiger partial charge in [-0.15, -0.1) is 10.2 Å². The monoisotopic (exact) mass is 291 g/mol. The van der Waals surface area contributed by atoms with Crippen LogP contribution in [0.4, 0.5) is 5.95 Å². The van der Waals surface area contributed by atoms with Gasteiger partial charge >= 0.3 is 0 Å². The molecule has 0 atom stereocenters. The molecule has 0 aliphatic carbocycles. The number of hydrogen-bond acceptors (Lipinski definition) is 7. The fourth-order valence-corrected chi connectivity index (χ4v) is 2.24. The van der Waals surface area contributed by atoms with E-state index in [0.717, 1.165) is 5.69 Å². The summed E-state index contributed by atoms with van der Waals surface area (Å²) in [5.41, 5.74) is 0.823. The lowest BCUT2D eigenvalue weighted by molar-refractivity contribution is 0.140. The number of methoxy groups -OCH3 is 2. The summed E-state index contributed by atoms with van der Waals surface area (Å²) in [6, 6.07) is 3.66. The molecule has 3 rings (SSSR count). The third-order valence-electron chi connectivity index (χ3n) is 3.32. The predicted octanol–water partition coefficient (Wildman–Crippen LogP) is -0.00180. The maximum absolute atomic E-state index is 9.47. The molecule has 8 nitrogen and oxygen atoms in total. The van der Waals surface area contributed by atoms with Gasteiger partial charge in [0.15, 0.2) is 5.82 Å². The number of β-amino-alcohol motifs (C(OH)–C–C–N with tert-alkyl or cyclic N) is 1. The van der Waals surface area contributed by atoms with Gasteiger partial charge in [0, 0.05) is 26.3 Å². The van der Waals surface area contributed by atoms with Crippen molar-refractivity contribution in [1.82, 2.24) is 19.7 Å². The largest absolute Gasteiger partial charge is 0.481 e. The summed E-state index contributed by atoms with van der Waals surface area (Å²) in [4.78, 5) is 6.17. The number of rotatable bonds is 5. The molecule has 2 aromatic rings. The minimum Gasteiger partial charge on any atom is -0.481 e. The van der Waals surface area contributed by atoms with Crippen molar-refractivity contribution >= 4 is 5.95 Å². The Balaban J connectivity index is 1.98. The summed E-state index contributed by atoms with van der Waals surface area (Å²) in [6.07, 6.45) is 1.39. The average Bonchev–Trinajstić information content (AvgIpc) is 2.88. The third-order valence-corrected chi connectivity index (χ3v) is 3.32. The van der Waals surface area contributed by atoms with Crippen molar-refractivity contribution in [3.8, 4) is 11.6 Å². The van der Waals surface area contributed by atoms with Gasteiger partial charge < -0.3 is 19.5 Å². The van der Waals surface area contributed by atoms with Gasteiger partial charge in [-0.05, 0) is 6.07 Å². The minimum absolute atomic E-state index is 0.310. The molecule has 0 radical (unpaired) electrons. The molecular weight excluding hydrogens is 274 g/mol. The maximum Gasteiger partial charge on any atom is 0.232 e.